The molecule has 0 fully saturated rings. The predicted octanol–water partition coefficient (Wildman–Crippen LogP) is 3.05. The highest BCUT2D eigenvalue weighted by Gasteiger charge is 2.41. The van der Waals surface area contributed by atoms with Crippen molar-refractivity contribution in [1.29, 1.82) is 0 Å². The van der Waals surface area contributed by atoms with Gasteiger partial charge in [-0.25, -0.2) is 25.6 Å². The molecule has 0 bridgehead atoms. The van der Waals surface area contributed by atoms with Crippen LogP contribution in [0.2, 0.25) is 0 Å². The Hall–Kier alpha value is -1.57. The molecule has 152 valence electrons. The Morgan fingerprint density at radius 1 is 1.18 bits per heavy atom. The molecule has 1 unspecified atom stereocenters. The van der Waals surface area contributed by atoms with E-state index in [-0.39, 0.29) is 32.1 Å². The predicted molar refractivity (Wildman–Crippen MR) is 104 cm³/mol. The first-order valence-electron chi connectivity index (χ1n) is 7.48. The number of hydrogen-bond donors (Lipinski definition) is 0. The van der Waals surface area contributed by atoms with Crippen LogP contribution in [-0.2, 0) is 26.5 Å². The van der Waals surface area contributed by atoms with Crippen molar-refractivity contribution in [1.82, 2.24) is 0 Å². The van der Waals surface area contributed by atoms with Gasteiger partial charge < -0.3 is 4.74 Å². The lowest BCUT2D eigenvalue weighted by Crippen LogP contribution is -2.34. The van der Waals surface area contributed by atoms with Crippen LogP contribution < -0.4 is 8.45 Å². The monoisotopic (exact) mass is 515 g/mol. The molecule has 3 rings (SSSR count). The number of hydrogen-bond acceptors (Lipinski definition) is 7. The lowest BCUT2D eigenvalue weighted by Gasteiger charge is -2.20. The number of Topliss-reactive ketones (excluding diaryl/α,β-unsaturated/α-hetero) is 1. The van der Waals surface area contributed by atoms with Crippen molar-refractivity contribution in [2.75, 3.05) is 16.2 Å². The van der Waals surface area contributed by atoms with Crippen LogP contribution >= 0.6 is 27.3 Å². The number of ketones is 1. The van der Waals surface area contributed by atoms with E-state index in [0.29, 0.717) is 29.9 Å². The Labute approximate surface area is 172 Å². The molecule has 1 heterocycles. The Kier molecular flexibility index (Phi) is 5.32. The molecular weight excluding hydrogens is 504 g/mol. The summed E-state index contributed by atoms with van der Waals surface area (Å²) in [6.07, 6.45) is 1.44. The third kappa shape index (κ3) is 3.80. The highest BCUT2D eigenvalue weighted by molar-refractivity contribution is 9.10. The fourth-order valence-corrected chi connectivity index (χ4v) is 8.22. The smallest absolute Gasteiger partial charge is 0.246 e. The number of benzene rings is 1. The number of alkyl halides is 1. The zero-order valence-corrected chi connectivity index (χ0v) is 18.3. The lowest BCUT2D eigenvalue weighted by molar-refractivity contribution is 0.101. The van der Waals surface area contributed by atoms with E-state index in [1.807, 2.05) is 0 Å². The van der Waals surface area contributed by atoms with Gasteiger partial charge in [-0.05, 0) is 18.6 Å². The topological polar surface area (TPSA) is 97.8 Å². The minimum Gasteiger partial charge on any atom is -0.451 e. The summed E-state index contributed by atoms with van der Waals surface area (Å²) in [6.45, 7) is 0. The maximum Gasteiger partial charge on any atom is 0.246 e. The van der Waals surface area contributed by atoms with Crippen LogP contribution in [0.3, 0.4) is 0 Å². The summed E-state index contributed by atoms with van der Waals surface area (Å²) in [6, 6.07) is 2.46. The van der Waals surface area contributed by atoms with Gasteiger partial charge in [0, 0.05) is 11.6 Å². The molecule has 7 nitrogen and oxygen atoms in total. The molecule has 1 aromatic carbocycles. The summed E-state index contributed by atoms with van der Waals surface area (Å²) >= 11 is 3.79. The third-order valence-electron chi connectivity index (χ3n) is 3.71. The first kappa shape index (κ1) is 21.1. The molecule has 1 aromatic heterocycles. The van der Waals surface area contributed by atoms with Crippen molar-refractivity contribution in [2.45, 2.75) is 11.2 Å². The van der Waals surface area contributed by atoms with Crippen LogP contribution in [0.15, 0.2) is 18.2 Å². The van der Waals surface area contributed by atoms with Gasteiger partial charge in [0.15, 0.2) is 28.1 Å². The van der Waals surface area contributed by atoms with Crippen molar-refractivity contribution in [3.63, 3.8) is 0 Å². The molecule has 0 spiro atoms. The number of fused-ring (bicyclic) bond motifs is 1. The minimum absolute atomic E-state index is 0.0875. The molecule has 0 radical (unpaired) electrons. The van der Waals surface area contributed by atoms with Gasteiger partial charge in [0.05, 0.1) is 22.2 Å². The molecule has 2 aromatic rings. The van der Waals surface area contributed by atoms with E-state index >= 15 is 0 Å². The number of carbonyl (C=O) groups is 1. The molecule has 13 heteroatoms. The van der Waals surface area contributed by atoms with Crippen LogP contribution in [0.25, 0.3) is 0 Å². The molecule has 28 heavy (non-hydrogen) atoms. The SMILES string of the molecule is CS(=O)(=O)N(c1sc2c(c1Oc1ccc(F)cc1F)CC(Br)C2=O)S(C)(=O)=O. The van der Waals surface area contributed by atoms with Crippen molar-refractivity contribution in [3.05, 3.63) is 40.3 Å². The van der Waals surface area contributed by atoms with Crippen LogP contribution in [0.4, 0.5) is 13.8 Å². The largest absolute Gasteiger partial charge is 0.451 e. The maximum atomic E-state index is 14.1. The Morgan fingerprint density at radius 3 is 2.32 bits per heavy atom. The van der Waals surface area contributed by atoms with Crippen molar-refractivity contribution in [3.8, 4) is 11.5 Å². The average Bonchev–Trinajstić information content (AvgIpc) is 2.97. The number of carbonyl (C=O) groups excluding carboxylic acids is 1. The van der Waals surface area contributed by atoms with Gasteiger partial charge in [-0.15, -0.1) is 11.3 Å². The van der Waals surface area contributed by atoms with Gasteiger partial charge >= 0.3 is 0 Å². The van der Waals surface area contributed by atoms with E-state index in [2.05, 4.69) is 15.9 Å². The Morgan fingerprint density at radius 2 is 1.79 bits per heavy atom. The molecule has 1 aliphatic rings. The van der Waals surface area contributed by atoms with Crippen molar-refractivity contribution in [2.24, 2.45) is 0 Å². The highest BCUT2D eigenvalue weighted by Crippen LogP contribution is 2.50. The fourth-order valence-electron chi connectivity index (χ4n) is 2.68. The van der Waals surface area contributed by atoms with Gasteiger partial charge in [-0.2, -0.15) is 3.71 Å². The van der Waals surface area contributed by atoms with Gasteiger partial charge in [0.25, 0.3) is 0 Å². The van der Waals surface area contributed by atoms with E-state index < -0.39 is 47.3 Å². The van der Waals surface area contributed by atoms with Gasteiger partial charge in [-0.3, -0.25) is 4.79 Å². The van der Waals surface area contributed by atoms with E-state index in [1.165, 1.54) is 0 Å². The van der Waals surface area contributed by atoms with Gasteiger partial charge in [0.2, 0.25) is 20.0 Å². The Balaban J connectivity index is 2.26. The van der Waals surface area contributed by atoms with Crippen LogP contribution in [-0.4, -0.2) is 40.0 Å². The number of ether oxygens (including phenoxy) is 1. The van der Waals surface area contributed by atoms with Crippen molar-refractivity contribution >= 4 is 58.1 Å². The quantitative estimate of drug-likeness (QED) is 0.567. The molecule has 0 saturated carbocycles. The summed E-state index contributed by atoms with van der Waals surface area (Å²) in [7, 11) is -8.65. The molecule has 0 N–H and O–H groups in total. The number of sulfonamides is 2. The summed E-state index contributed by atoms with van der Waals surface area (Å²) in [5.41, 5.74) is 0.243. The fraction of sp³-hybridized carbons (Fsp3) is 0.267. The highest BCUT2D eigenvalue weighted by atomic mass is 79.9. The van der Waals surface area contributed by atoms with E-state index in [4.69, 9.17) is 4.74 Å². The van der Waals surface area contributed by atoms with Crippen LogP contribution in [0, 0.1) is 11.6 Å². The van der Waals surface area contributed by atoms with Crippen molar-refractivity contribution < 1.29 is 35.1 Å². The second-order valence-corrected chi connectivity index (χ2v) is 12.0. The number of thiophene rings is 1. The zero-order valence-electron chi connectivity index (χ0n) is 14.3. The van der Waals surface area contributed by atoms with Gasteiger partial charge in [0.1, 0.15) is 5.82 Å². The first-order valence-corrected chi connectivity index (χ1v) is 12.9. The second-order valence-electron chi connectivity index (χ2n) is 5.98. The summed E-state index contributed by atoms with van der Waals surface area (Å²) in [5, 5.41) is -0.397. The normalized spacial score (nSPS) is 16.9. The minimum atomic E-state index is -4.33. The number of rotatable bonds is 5. The maximum absolute atomic E-state index is 14.1. The summed E-state index contributed by atoms with van der Waals surface area (Å²) in [5.74, 6) is -3.04. The summed E-state index contributed by atoms with van der Waals surface area (Å²) < 4.78 is 81.4. The third-order valence-corrected chi connectivity index (χ3v) is 9.09. The number of anilines is 1. The molecule has 0 saturated heterocycles. The summed E-state index contributed by atoms with van der Waals surface area (Å²) in [4.78, 5) is 11.8. The standard InChI is InChI=1S/C15H12BrF2NO6S3/c1-27(21,22)19(28(2,23)24)15-13(8-6-9(16)12(20)14(8)26-15)25-11-4-3-7(17)5-10(11)18/h3-5,9H,6H2,1-2H3. The second kappa shape index (κ2) is 7.04. The molecule has 1 atom stereocenters. The van der Waals surface area contributed by atoms with Crippen LogP contribution in [0.5, 0.6) is 11.5 Å². The van der Waals surface area contributed by atoms with E-state index in [0.717, 1.165) is 12.1 Å². The molecule has 0 amide bonds. The van der Waals surface area contributed by atoms with Gasteiger partial charge in [-0.1, -0.05) is 15.9 Å². The number of nitrogens with zero attached hydrogens (tertiary/aromatic N) is 1. The Bertz CT molecular complexity index is 1160. The molecule has 1 aliphatic carbocycles. The lowest BCUT2D eigenvalue weighted by atomic mass is 10.2. The van der Waals surface area contributed by atoms with E-state index in [1.54, 1.807) is 0 Å². The average molecular weight is 516 g/mol. The molecular formula is C15H12BrF2NO6S3. The molecule has 0 aliphatic heterocycles. The number of halogens is 3. The van der Waals surface area contributed by atoms with E-state index in [9.17, 15) is 30.4 Å². The van der Waals surface area contributed by atoms with Crippen LogP contribution in [0.1, 0.15) is 15.2 Å². The first-order chi connectivity index (χ1) is 12.8. The zero-order chi connectivity index (χ0) is 21.0.